The molecular formula is C22H18N4O. The van der Waals surface area contributed by atoms with Crippen LogP contribution in [0.2, 0.25) is 0 Å². The molecule has 0 N–H and O–H groups in total. The molecule has 0 saturated heterocycles. The normalized spacial score (nSPS) is 13.4. The molecule has 0 fully saturated rings. The van der Waals surface area contributed by atoms with Gasteiger partial charge in [-0.3, -0.25) is 14.5 Å². The Morgan fingerprint density at radius 1 is 1.00 bits per heavy atom. The molecule has 5 nitrogen and oxygen atoms in total. The maximum Gasteiger partial charge on any atom is 0.256 e. The second kappa shape index (κ2) is 6.06. The predicted octanol–water partition coefficient (Wildman–Crippen LogP) is 3.79. The lowest BCUT2D eigenvalue weighted by Crippen LogP contribution is -2.23. The SMILES string of the molecule is Cn1cc2c(-c3ccc(CN4Cc5ncccc5C4=O)cc3)cccc2n1. The van der Waals surface area contributed by atoms with E-state index in [-0.39, 0.29) is 5.91 Å². The standard InChI is InChI=1S/C22H18N4O/c1-25-13-19-17(4-2-6-20(19)24-25)16-9-7-15(8-10-16)12-26-14-21-18(22(26)27)5-3-11-23-21/h2-11,13H,12,14H2,1H3. The molecule has 1 aliphatic rings. The molecule has 0 bridgehead atoms. The summed E-state index contributed by atoms with van der Waals surface area (Å²) < 4.78 is 1.84. The molecule has 0 unspecified atom stereocenters. The minimum Gasteiger partial charge on any atom is -0.328 e. The third-order valence-corrected chi connectivity index (χ3v) is 5.05. The fourth-order valence-electron chi connectivity index (χ4n) is 3.73. The Morgan fingerprint density at radius 3 is 2.63 bits per heavy atom. The van der Waals surface area contributed by atoms with Crippen LogP contribution in [0, 0.1) is 0 Å². The van der Waals surface area contributed by atoms with Gasteiger partial charge in [-0.05, 0) is 34.9 Å². The van der Waals surface area contributed by atoms with Crippen LogP contribution in [0.3, 0.4) is 0 Å². The number of hydrogen-bond acceptors (Lipinski definition) is 3. The lowest BCUT2D eigenvalue weighted by Gasteiger charge is -2.15. The molecule has 0 atom stereocenters. The van der Waals surface area contributed by atoms with E-state index in [0.29, 0.717) is 13.1 Å². The molecule has 1 amide bonds. The monoisotopic (exact) mass is 354 g/mol. The van der Waals surface area contributed by atoms with Crippen LogP contribution in [-0.4, -0.2) is 25.6 Å². The van der Waals surface area contributed by atoms with Gasteiger partial charge >= 0.3 is 0 Å². The highest BCUT2D eigenvalue weighted by atomic mass is 16.2. The van der Waals surface area contributed by atoms with Crippen molar-refractivity contribution in [2.75, 3.05) is 0 Å². The first-order valence-corrected chi connectivity index (χ1v) is 8.94. The van der Waals surface area contributed by atoms with Crippen LogP contribution < -0.4 is 0 Å². The number of aryl methyl sites for hydroxylation is 1. The van der Waals surface area contributed by atoms with E-state index in [2.05, 4.69) is 40.4 Å². The fraction of sp³-hybridized carbons (Fsp3) is 0.136. The number of fused-ring (bicyclic) bond motifs is 2. The van der Waals surface area contributed by atoms with Crippen LogP contribution in [0.1, 0.15) is 21.6 Å². The molecule has 3 heterocycles. The first kappa shape index (κ1) is 15.8. The molecule has 27 heavy (non-hydrogen) atoms. The van der Waals surface area contributed by atoms with Gasteiger partial charge in [0.05, 0.1) is 23.3 Å². The Kier molecular flexibility index (Phi) is 3.53. The lowest BCUT2D eigenvalue weighted by molar-refractivity contribution is 0.0766. The van der Waals surface area contributed by atoms with Crippen molar-refractivity contribution in [3.05, 3.63) is 83.8 Å². The third-order valence-electron chi connectivity index (χ3n) is 5.05. The van der Waals surface area contributed by atoms with Crippen LogP contribution in [0.15, 0.2) is 67.0 Å². The summed E-state index contributed by atoms with van der Waals surface area (Å²) in [7, 11) is 1.94. The number of carbonyl (C=O) groups is 1. The van der Waals surface area contributed by atoms with Gasteiger partial charge in [0.15, 0.2) is 0 Å². The van der Waals surface area contributed by atoms with Crippen molar-refractivity contribution < 1.29 is 4.79 Å². The highest BCUT2D eigenvalue weighted by molar-refractivity contribution is 5.97. The Morgan fingerprint density at radius 2 is 1.81 bits per heavy atom. The summed E-state index contributed by atoms with van der Waals surface area (Å²) in [5.41, 5.74) is 6.00. The Bertz CT molecular complexity index is 1160. The minimum atomic E-state index is 0.0577. The predicted molar refractivity (Wildman–Crippen MR) is 104 cm³/mol. The average molecular weight is 354 g/mol. The van der Waals surface area contributed by atoms with Gasteiger partial charge in [-0.2, -0.15) is 5.10 Å². The van der Waals surface area contributed by atoms with Crippen LogP contribution in [0.4, 0.5) is 0 Å². The van der Waals surface area contributed by atoms with Gasteiger partial charge in [-0.15, -0.1) is 0 Å². The number of hydrogen-bond donors (Lipinski definition) is 0. The van der Waals surface area contributed by atoms with Gasteiger partial charge in [0.2, 0.25) is 0 Å². The van der Waals surface area contributed by atoms with Gasteiger partial charge in [0.25, 0.3) is 5.91 Å². The number of aromatic nitrogens is 3. The van der Waals surface area contributed by atoms with Crippen molar-refractivity contribution in [1.82, 2.24) is 19.7 Å². The number of rotatable bonds is 3. The summed E-state index contributed by atoms with van der Waals surface area (Å²) in [6, 6.07) is 18.2. The maximum atomic E-state index is 12.5. The quantitative estimate of drug-likeness (QED) is 0.562. The highest BCUT2D eigenvalue weighted by Gasteiger charge is 2.27. The van der Waals surface area contributed by atoms with Gasteiger partial charge in [-0.25, -0.2) is 0 Å². The van der Waals surface area contributed by atoms with E-state index in [1.807, 2.05) is 47.1 Å². The fourth-order valence-corrected chi connectivity index (χ4v) is 3.73. The molecule has 5 rings (SSSR count). The molecule has 4 aromatic rings. The van der Waals surface area contributed by atoms with Crippen molar-refractivity contribution in [2.24, 2.45) is 7.05 Å². The zero-order chi connectivity index (χ0) is 18.4. The summed E-state index contributed by atoms with van der Waals surface area (Å²) >= 11 is 0. The molecular weight excluding hydrogens is 336 g/mol. The van der Waals surface area contributed by atoms with E-state index in [4.69, 9.17) is 0 Å². The number of amides is 1. The van der Waals surface area contributed by atoms with Crippen molar-refractivity contribution in [2.45, 2.75) is 13.1 Å². The largest absolute Gasteiger partial charge is 0.328 e. The van der Waals surface area contributed by atoms with E-state index < -0.39 is 0 Å². The zero-order valence-electron chi connectivity index (χ0n) is 15.0. The first-order valence-electron chi connectivity index (χ1n) is 8.94. The summed E-state index contributed by atoms with van der Waals surface area (Å²) in [6.07, 6.45) is 3.79. The molecule has 0 aliphatic carbocycles. The second-order valence-corrected chi connectivity index (χ2v) is 6.90. The van der Waals surface area contributed by atoms with E-state index in [0.717, 1.165) is 33.3 Å². The summed E-state index contributed by atoms with van der Waals surface area (Å²) in [5, 5.41) is 5.62. The maximum absolute atomic E-state index is 12.5. The number of nitrogens with zero attached hydrogens (tertiary/aromatic N) is 4. The van der Waals surface area contributed by atoms with Crippen molar-refractivity contribution in [3.8, 4) is 11.1 Å². The Labute approximate surface area is 156 Å². The van der Waals surface area contributed by atoms with Gasteiger partial charge < -0.3 is 4.90 Å². The number of benzene rings is 2. The van der Waals surface area contributed by atoms with Crippen molar-refractivity contribution in [1.29, 1.82) is 0 Å². The molecule has 0 saturated carbocycles. The molecule has 132 valence electrons. The van der Waals surface area contributed by atoms with Gasteiger partial charge in [0, 0.05) is 31.4 Å². The summed E-state index contributed by atoms with van der Waals surface area (Å²) in [6.45, 7) is 1.16. The van der Waals surface area contributed by atoms with Crippen molar-refractivity contribution in [3.63, 3.8) is 0 Å². The van der Waals surface area contributed by atoms with Gasteiger partial charge in [0.1, 0.15) is 0 Å². The highest BCUT2D eigenvalue weighted by Crippen LogP contribution is 2.29. The van der Waals surface area contributed by atoms with E-state index >= 15 is 0 Å². The zero-order valence-corrected chi connectivity index (χ0v) is 15.0. The van der Waals surface area contributed by atoms with E-state index in [1.165, 1.54) is 5.56 Å². The molecule has 0 spiro atoms. The van der Waals surface area contributed by atoms with Crippen LogP contribution in [-0.2, 0) is 20.1 Å². The topological polar surface area (TPSA) is 51.0 Å². The second-order valence-electron chi connectivity index (χ2n) is 6.90. The van der Waals surface area contributed by atoms with Crippen LogP contribution in [0.25, 0.3) is 22.0 Å². The van der Waals surface area contributed by atoms with E-state index in [9.17, 15) is 4.79 Å². The van der Waals surface area contributed by atoms with Crippen LogP contribution in [0.5, 0.6) is 0 Å². The molecule has 5 heteroatoms. The van der Waals surface area contributed by atoms with Crippen molar-refractivity contribution >= 4 is 16.8 Å². The number of carbonyl (C=O) groups excluding carboxylic acids is 1. The van der Waals surface area contributed by atoms with Crippen LogP contribution >= 0.6 is 0 Å². The first-order chi connectivity index (χ1) is 13.2. The summed E-state index contributed by atoms with van der Waals surface area (Å²) in [5.74, 6) is 0.0577. The van der Waals surface area contributed by atoms with Gasteiger partial charge in [-0.1, -0.05) is 36.4 Å². The van der Waals surface area contributed by atoms with E-state index in [1.54, 1.807) is 6.20 Å². The average Bonchev–Trinajstić information content (AvgIpc) is 3.22. The lowest BCUT2D eigenvalue weighted by atomic mass is 10.0. The molecule has 1 aliphatic heterocycles. The molecule has 2 aromatic carbocycles. The third kappa shape index (κ3) is 2.68. The number of pyridine rings is 1. The molecule has 0 radical (unpaired) electrons. The smallest absolute Gasteiger partial charge is 0.256 e. The summed E-state index contributed by atoms with van der Waals surface area (Å²) in [4.78, 5) is 18.7. The Hall–Kier alpha value is -3.47. The minimum absolute atomic E-state index is 0.0577. The Balaban J connectivity index is 1.40. The molecule has 2 aromatic heterocycles.